The zero-order valence-electron chi connectivity index (χ0n) is 9.56. The first-order chi connectivity index (χ1) is 7.44. The summed E-state index contributed by atoms with van der Waals surface area (Å²) in [5, 5.41) is 0. The van der Waals surface area contributed by atoms with Gasteiger partial charge in [-0.2, -0.15) is 0 Å². The Labute approximate surface area is 94.8 Å². The maximum Gasteiger partial charge on any atom is 0.248 e. The van der Waals surface area contributed by atoms with E-state index >= 15 is 0 Å². The molecular weight excluding hydrogens is 206 g/mol. The number of hydrogen-bond donors (Lipinski definition) is 2. The molecule has 0 aliphatic carbocycles. The molecule has 1 unspecified atom stereocenters. The van der Waals surface area contributed by atoms with Crippen molar-refractivity contribution in [3.8, 4) is 5.88 Å². The van der Waals surface area contributed by atoms with Crippen LogP contribution in [0.1, 0.15) is 30.6 Å². The molecular formula is C11H17N3O2. The van der Waals surface area contributed by atoms with E-state index in [0.29, 0.717) is 18.1 Å². The summed E-state index contributed by atoms with van der Waals surface area (Å²) < 4.78 is 5.41. The summed E-state index contributed by atoms with van der Waals surface area (Å²) in [7, 11) is 0. The molecule has 0 aromatic carbocycles. The van der Waals surface area contributed by atoms with E-state index < -0.39 is 11.4 Å². The number of rotatable bonds is 5. The van der Waals surface area contributed by atoms with Gasteiger partial charge in [0.2, 0.25) is 11.8 Å². The number of carbonyl (C=O) groups excluding carboxylic acids is 1. The van der Waals surface area contributed by atoms with Gasteiger partial charge in [0.25, 0.3) is 0 Å². The Morgan fingerprint density at radius 3 is 2.88 bits per heavy atom. The second kappa shape index (κ2) is 4.94. The molecule has 1 amide bonds. The zero-order chi connectivity index (χ0) is 12.2. The van der Waals surface area contributed by atoms with Gasteiger partial charge in [0.15, 0.2) is 0 Å². The van der Waals surface area contributed by atoms with E-state index in [1.165, 1.54) is 18.3 Å². The number of ether oxygens (including phenoxy) is 1. The van der Waals surface area contributed by atoms with Crippen molar-refractivity contribution in [2.75, 3.05) is 6.61 Å². The van der Waals surface area contributed by atoms with Crippen LogP contribution >= 0.6 is 0 Å². The molecule has 88 valence electrons. The first-order valence-corrected chi connectivity index (χ1v) is 5.12. The topological polar surface area (TPSA) is 91.2 Å². The van der Waals surface area contributed by atoms with Gasteiger partial charge in [-0.25, -0.2) is 4.98 Å². The fourth-order valence-corrected chi connectivity index (χ4v) is 0.983. The fraction of sp³-hybridized carbons (Fsp3) is 0.455. The largest absolute Gasteiger partial charge is 0.476 e. The second-order valence-corrected chi connectivity index (χ2v) is 4.04. The van der Waals surface area contributed by atoms with Crippen LogP contribution in [0.4, 0.5) is 0 Å². The zero-order valence-corrected chi connectivity index (χ0v) is 9.56. The molecule has 0 fully saturated rings. The van der Waals surface area contributed by atoms with Crippen LogP contribution in [0.25, 0.3) is 0 Å². The van der Waals surface area contributed by atoms with E-state index in [4.69, 9.17) is 16.2 Å². The minimum atomic E-state index is -0.502. The Balaban J connectivity index is 2.68. The molecule has 0 saturated carbocycles. The standard InChI is InChI=1S/C11H17N3O2/c1-3-11(2,13)7-16-9-6-8(10(12)15)4-5-14-9/h4-6H,3,7,13H2,1-2H3,(H2,12,15). The van der Waals surface area contributed by atoms with Crippen molar-refractivity contribution < 1.29 is 9.53 Å². The molecule has 16 heavy (non-hydrogen) atoms. The maximum absolute atomic E-state index is 10.9. The van der Waals surface area contributed by atoms with Gasteiger partial charge in [-0.1, -0.05) is 6.92 Å². The summed E-state index contributed by atoms with van der Waals surface area (Å²) in [4.78, 5) is 14.9. The summed E-state index contributed by atoms with van der Waals surface area (Å²) in [5.74, 6) is -0.139. The molecule has 1 rings (SSSR count). The van der Waals surface area contributed by atoms with Crippen LogP contribution < -0.4 is 16.2 Å². The molecule has 4 N–H and O–H groups in total. The molecule has 1 aromatic rings. The molecule has 1 atom stereocenters. The van der Waals surface area contributed by atoms with Crippen LogP contribution in [0.2, 0.25) is 0 Å². The van der Waals surface area contributed by atoms with E-state index in [1.54, 1.807) is 0 Å². The van der Waals surface area contributed by atoms with Crippen molar-refractivity contribution in [2.24, 2.45) is 11.5 Å². The highest BCUT2D eigenvalue weighted by atomic mass is 16.5. The van der Waals surface area contributed by atoms with Gasteiger partial charge in [-0.05, 0) is 19.4 Å². The van der Waals surface area contributed by atoms with E-state index in [0.717, 1.165) is 6.42 Å². The molecule has 0 saturated heterocycles. The van der Waals surface area contributed by atoms with Crippen LogP contribution in [-0.4, -0.2) is 23.0 Å². The number of nitrogens with two attached hydrogens (primary N) is 2. The van der Waals surface area contributed by atoms with Crippen molar-refractivity contribution in [1.82, 2.24) is 4.98 Å². The van der Waals surface area contributed by atoms with Crippen LogP contribution in [0.15, 0.2) is 18.3 Å². The third-order valence-corrected chi connectivity index (χ3v) is 2.38. The Morgan fingerprint density at radius 1 is 1.62 bits per heavy atom. The highest BCUT2D eigenvalue weighted by Gasteiger charge is 2.16. The van der Waals surface area contributed by atoms with Crippen molar-refractivity contribution in [1.29, 1.82) is 0 Å². The monoisotopic (exact) mass is 223 g/mol. The van der Waals surface area contributed by atoms with Gasteiger partial charge < -0.3 is 16.2 Å². The van der Waals surface area contributed by atoms with Crippen molar-refractivity contribution >= 4 is 5.91 Å². The highest BCUT2D eigenvalue weighted by Crippen LogP contribution is 2.12. The quantitative estimate of drug-likeness (QED) is 0.768. The summed E-state index contributed by atoms with van der Waals surface area (Å²) in [6.45, 7) is 4.22. The van der Waals surface area contributed by atoms with Crippen LogP contribution in [-0.2, 0) is 0 Å². The Morgan fingerprint density at radius 2 is 2.31 bits per heavy atom. The minimum Gasteiger partial charge on any atom is -0.476 e. The smallest absolute Gasteiger partial charge is 0.248 e. The highest BCUT2D eigenvalue weighted by molar-refractivity contribution is 5.92. The molecule has 0 aliphatic rings. The summed E-state index contributed by atoms with van der Waals surface area (Å²) >= 11 is 0. The normalized spacial score (nSPS) is 14.2. The summed E-state index contributed by atoms with van der Waals surface area (Å²) in [6, 6.07) is 3.05. The van der Waals surface area contributed by atoms with Gasteiger partial charge in [-0.3, -0.25) is 4.79 Å². The third-order valence-electron chi connectivity index (χ3n) is 2.38. The molecule has 5 heteroatoms. The van der Waals surface area contributed by atoms with E-state index in [9.17, 15) is 4.79 Å². The van der Waals surface area contributed by atoms with E-state index in [-0.39, 0.29) is 0 Å². The molecule has 1 aromatic heterocycles. The lowest BCUT2D eigenvalue weighted by molar-refractivity contribution is 0.0999. The molecule has 1 heterocycles. The number of hydrogen-bond acceptors (Lipinski definition) is 4. The number of carbonyl (C=O) groups is 1. The Bertz CT molecular complexity index is 377. The Kier molecular flexibility index (Phi) is 3.84. The molecule has 5 nitrogen and oxygen atoms in total. The lowest BCUT2D eigenvalue weighted by Gasteiger charge is -2.22. The van der Waals surface area contributed by atoms with Gasteiger partial charge in [-0.15, -0.1) is 0 Å². The fourth-order valence-electron chi connectivity index (χ4n) is 0.983. The molecule has 0 aliphatic heterocycles. The average molecular weight is 223 g/mol. The minimum absolute atomic E-state index is 0.346. The van der Waals surface area contributed by atoms with Crippen molar-refractivity contribution in [3.63, 3.8) is 0 Å². The van der Waals surface area contributed by atoms with Crippen LogP contribution in [0.5, 0.6) is 5.88 Å². The predicted octanol–water partition coefficient (Wildman–Crippen LogP) is 0.687. The number of aromatic nitrogens is 1. The third kappa shape index (κ3) is 3.51. The Hall–Kier alpha value is -1.62. The number of amides is 1. The molecule has 0 bridgehead atoms. The average Bonchev–Trinajstić information content (AvgIpc) is 2.27. The van der Waals surface area contributed by atoms with Crippen LogP contribution in [0, 0.1) is 0 Å². The summed E-state index contributed by atoms with van der Waals surface area (Å²) in [5.41, 5.74) is 11.0. The van der Waals surface area contributed by atoms with Gasteiger partial charge in [0.05, 0.1) is 0 Å². The van der Waals surface area contributed by atoms with Crippen LogP contribution in [0.3, 0.4) is 0 Å². The lowest BCUT2D eigenvalue weighted by atomic mass is 10.0. The van der Waals surface area contributed by atoms with Crippen molar-refractivity contribution in [3.05, 3.63) is 23.9 Å². The summed E-state index contributed by atoms with van der Waals surface area (Å²) in [6.07, 6.45) is 2.28. The van der Waals surface area contributed by atoms with Gasteiger partial charge in [0.1, 0.15) is 6.61 Å². The molecule has 0 radical (unpaired) electrons. The van der Waals surface area contributed by atoms with Crippen molar-refractivity contribution in [2.45, 2.75) is 25.8 Å². The first-order valence-electron chi connectivity index (χ1n) is 5.12. The number of nitrogens with zero attached hydrogens (tertiary/aromatic N) is 1. The van der Waals surface area contributed by atoms with E-state index in [2.05, 4.69) is 4.98 Å². The first kappa shape index (κ1) is 12.4. The number of primary amides is 1. The number of pyridine rings is 1. The predicted molar refractivity (Wildman–Crippen MR) is 61.1 cm³/mol. The lowest BCUT2D eigenvalue weighted by Crippen LogP contribution is -2.41. The molecule has 0 spiro atoms. The van der Waals surface area contributed by atoms with E-state index in [1.807, 2.05) is 13.8 Å². The second-order valence-electron chi connectivity index (χ2n) is 4.04. The van der Waals surface area contributed by atoms with Gasteiger partial charge in [0, 0.05) is 23.4 Å². The maximum atomic E-state index is 10.9. The van der Waals surface area contributed by atoms with Gasteiger partial charge >= 0.3 is 0 Å². The SMILES string of the molecule is CCC(C)(N)COc1cc(C(N)=O)ccn1.